The number of nitrogens with one attached hydrogen (secondary N) is 2. The lowest BCUT2D eigenvalue weighted by Gasteiger charge is -2.34. The number of nitrogens with zero attached hydrogens (tertiary/aromatic N) is 6. The van der Waals surface area contributed by atoms with Crippen LogP contribution in [0.1, 0.15) is 5.56 Å². The fourth-order valence-corrected chi connectivity index (χ4v) is 4.89. The SMILES string of the molecule is CN(C)C/C=C/C(=O)Cc1cccc(-c2nc(Nc3ccc(O)c(N4CCN(C)CC4)c3)nc3n[nH]c(Cl)c23)c1. The summed E-state index contributed by atoms with van der Waals surface area (Å²) < 4.78 is 0. The van der Waals surface area contributed by atoms with E-state index in [-0.39, 0.29) is 18.0 Å². The molecule has 2 aromatic heterocycles. The van der Waals surface area contributed by atoms with Gasteiger partial charge in [0.05, 0.1) is 16.8 Å². The third kappa shape index (κ3) is 6.41. The zero-order valence-electron chi connectivity index (χ0n) is 22.9. The molecule has 40 heavy (non-hydrogen) atoms. The highest BCUT2D eigenvalue weighted by molar-refractivity contribution is 6.35. The van der Waals surface area contributed by atoms with Crippen LogP contribution in [0.5, 0.6) is 5.75 Å². The van der Waals surface area contributed by atoms with Gasteiger partial charge in [-0.15, -0.1) is 0 Å². The Bertz CT molecular complexity index is 1540. The average Bonchev–Trinajstić information content (AvgIpc) is 3.30. The fourth-order valence-electron chi connectivity index (χ4n) is 4.67. The van der Waals surface area contributed by atoms with Gasteiger partial charge in [-0.25, -0.2) is 4.98 Å². The van der Waals surface area contributed by atoms with Gasteiger partial charge in [-0.1, -0.05) is 35.9 Å². The van der Waals surface area contributed by atoms with Crippen LogP contribution >= 0.6 is 11.6 Å². The number of phenols is 1. The second-order valence-electron chi connectivity index (χ2n) is 10.3. The van der Waals surface area contributed by atoms with Crippen molar-refractivity contribution in [1.82, 2.24) is 30.0 Å². The molecule has 0 radical (unpaired) electrons. The number of piperazine rings is 1. The summed E-state index contributed by atoms with van der Waals surface area (Å²) in [4.78, 5) is 28.3. The summed E-state index contributed by atoms with van der Waals surface area (Å²) in [6.07, 6.45) is 3.76. The van der Waals surface area contributed by atoms with Crippen molar-refractivity contribution < 1.29 is 9.90 Å². The van der Waals surface area contributed by atoms with Gasteiger partial charge in [0.15, 0.2) is 11.4 Å². The minimum Gasteiger partial charge on any atom is -0.506 e. The number of anilines is 3. The number of carbonyl (C=O) groups excluding carboxylic acids is 1. The molecule has 1 fully saturated rings. The van der Waals surface area contributed by atoms with Crippen molar-refractivity contribution in [2.24, 2.45) is 0 Å². The molecule has 2 aromatic carbocycles. The molecule has 10 nitrogen and oxygen atoms in total. The van der Waals surface area contributed by atoms with Gasteiger partial charge in [-0.2, -0.15) is 10.1 Å². The smallest absolute Gasteiger partial charge is 0.229 e. The van der Waals surface area contributed by atoms with E-state index in [1.54, 1.807) is 18.2 Å². The number of ketones is 1. The Balaban J connectivity index is 1.43. The number of aromatic amines is 1. The van der Waals surface area contributed by atoms with Gasteiger partial charge in [-0.3, -0.25) is 9.89 Å². The molecule has 0 aliphatic carbocycles. The number of hydrogen-bond acceptors (Lipinski definition) is 9. The van der Waals surface area contributed by atoms with E-state index in [0.717, 1.165) is 48.7 Å². The number of aromatic nitrogens is 4. The van der Waals surface area contributed by atoms with Gasteiger partial charge in [-0.05, 0) is 57.0 Å². The first-order valence-electron chi connectivity index (χ1n) is 13.2. The molecule has 3 N–H and O–H groups in total. The van der Waals surface area contributed by atoms with Crippen LogP contribution < -0.4 is 10.2 Å². The van der Waals surface area contributed by atoms with E-state index in [9.17, 15) is 9.90 Å². The molecule has 208 valence electrons. The first kappa shape index (κ1) is 27.6. The van der Waals surface area contributed by atoms with E-state index in [0.29, 0.717) is 34.4 Å². The predicted molar refractivity (Wildman–Crippen MR) is 160 cm³/mol. The first-order valence-corrected chi connectivity index (χ1v) is 13.5. The summed E-state index contributed by atoms with van der Waals surface area (Å²) in [7, 11) is 6.01. The maximum absolute atomic E-state index is 12.5. The van der Waals surface area contributed by atoms with E-state index in [4.69, 9.17) is 16.6 Å². The third-order valence-electron chi connectivity index (χ3n) is 6.80. The molecule has 0 saturated carbocycles. The van der Waals surface area contributed by atoms with Crippen molar-refractivity contribution in [1.29, 1.82) is 0 Å². The number of fused-ring (bicyclic) bond motifs is 1. The fraction of sp³-hybridized carbons (Fsp3) is 0.310. The number of phenolic OH excluding ortho intramolecular Hbond substituents is 1. The van der Waals surface area contributed by atoms with Crippen LogP contribution in [0.25, 0.3) is 22.3 Å². The topological polar surface area (TPSA) is 114 Å². The van der Waals surface area contributed by atoms with Gasteiger partial charge in [0.1, 0.15) is 10.9 Å². The molecule has 1 saturated heterocycles. The van der Waals surface area contributed by atoms with Crippen molar-refractivity contribution in [2.75, 3.05) is 64.1 Å². The molecule has 1 aliphatic rings. The summed E-state index contributed by atoms with van der Waals surface area (Å²) in [5, 5.41) is 21.8. The lowest BCUT2D eigenvalue weighted by atomic mass is 10.0. The molecule has 5 rings (SSSR count). The van der Waals surface area contributed by atoms with Gasteiger partial charge < -0.3 is 25.1 Å². The van der Waals surface area contributed by atoms with Gasteiger partial charge in [0.25, 0.3) is 0 Å². The Labute approximate surface area is 238 Å². The summed E-state index contributed by atoms with van der Waals surface area (Å²) in [6, 6.07) is 13.1. The zero-order valence-corrected chi connectivity index (χ0v) is 23.6. The Hall–Kier alpha value is -3.99. The Kier molecular flexibility index (Phi) is 8.29. The number of aromatic hydroxyl groups is 1. The van der Waals surface area contributed by atoms with E-state index >= 15 is 0 Å². The lowest BCUT2D eigenvalue weighted by molar-refractivity contribution is -0.114. The summed E-state index contributed by atoms with van der Waals surface area (Å²) in [5.41, 5.74) is 4.19. The van der Waals surface area contributed by atoms with Crippen LogP contribution in [0.3, 0.4) is 0 Å². The normalized spacial score (nSPS) is 14.5. The largest absolute Gasteiger partial charge is 0.506 e. The average molecular weight is 561 g/mol. The van der Waals surface area contributed by atoms with Crippen LogP contribution in [-0.4, -0.2) is 94.7 Å². The Morgan fingerprint density at radius 1 is 1.15 bits per heavy atom. The van der Waals surface area contributed by atoms with Crippen molar-refractivity contribution in [3.05, 3.63) is 65.3 Å². The number of hydrogen-bond donors (Lipinski definition) is 3. The molecular formula is C29H33ClN8O2. The molecule has 11 heteroatoms. The number of allylic oxidation sites excluding steroid dienone is 1. The molecule has 4 aromatic rings. The predicted octanol–water partition coefficient (Wildman–Crippen LogP) is 4.10. The number of halogens is 1. The highest BCUT2D eigenvalue weighted by Gasteiger charge is 2.19. The maximum Gasteiger partial charge on any atom is 0.229 e. The van der Waals surface area contributed by atoms with E-state index in [1.165, 1.54) is 0 Å². The quantitative estimate of drug-likeness (QED) is 0.206. The number of likely N-dealkylation sites (N-methyl/N-ethyl adjacent to an activating group) is 2. The summed E-state index contributed by atoms with van der Waals surface area (Å²) in [6.45, 7) is 4.22. The van der Waals surface area contributed by atoms with Crippen LogP contribution in [0.15, 0.2) is 54.6 Å². The van der Waals surface area contributed by atoms with E-state index in [1.807, 2.05) is 55.4 Å². The highest BCUT2D eigenvalue weighted by atomic mass is 35.5. The minimum atomic E-state index is 0.0269. The first-order chi connectivity index (χ1) is 19.3. The van der Waals surface area contributed by atoms with Gasteiger partial charge in [0.2, 0.25) is 5.95 Å². The minimum absolute atomic E-state index is 0.0269. The molecule has 1 aliphatic heterocycles. The molecule has 3 heterocycles. The lowest BCUT2D eigenvalue weighted by Crippen LogP contribution is -2.44. The van der Waals surface area contributed by atoms with Crippen molar-refractivity contribution in [3.63, 3.8) is 0 Å². The van der Waals surface area contributed by atoms with E-state index < -0.39 is 0 Å². The van der Waals surface area contributed by atoms with Crippen LogP contribution in [0, 0.1) is 0 Å². The van der Waals surface area contributed by atoms with Crippen molar-refractivity contribution in [2.45, 2.75) is 6.42 Å². The Morgan fingerprint density at radius 2 is 1.95 bits per heavy atom. The maximum atomic E-state index is 12.5. The molecule has 0 amide bonds. The van der Waals surface area contributed by atoms with Crippen LogP contribution in [0.4, 0.5) is 17.3 Å². The van der Waals surface area contributed by atoms with E-state index in [2.05, 4.69) is 37.3 Å². The second kappa shape index (κ2) is 12.0. The van der Waals surface area contributed by atoms with Crippen molar-refractivity contribution in [3.8, 4) is 17.0 Å². The number of carbonyl (C=O) groups is 1. The van der Waals surface area contributed by atoms with Gasteiger partial charge in [0, 0.05) is 50.4 Å². The highest BCUT2D eigenvalue weighted by Crippen LogP contribution is 2.34. The molecular weight excluding hydrogens is 528 g/mol. The molecule has 0 bridgehead atoms. The number of benzene rings is 2. The summed E-state index contributed by atoms with van der Waals surface area (Å²) >= 11 is 6.46. The van der Waals surface area contributed by atoms with Crippen molar-refractivity contribution >= 4 is 45.7 Å². The third-order valence-corrected chi connectivity index (χ3v) is 7.07. The van der Waals surface area contributed by atoms with Crippen LogP contribution in [0.2, 0.25) is 5.15 Å². The van der Waals surface area contributed by atoms with Crippen LogP contribution in [-0.2, 0) is 11.2 Å². The van der Waals surface area contributed by atoms with Gasteiger partial charge >= 0.3 is 0 Å². The standard InChI is InChI=1S/C29H33ClN8O2/c1-36(2)11-5-8-22(39)17-19-6-4-7-20(16-19)26-25-27(30)34-35-28(25)33-29(32-26)31-21-9-10-24(40)23(18-21)38-14-12-37(3)13-15-38/h4-10,16,18,40H,11-15,17H2,1-3H3,(H2,31,32,33,34,35)/b8-5+. The zero-order chi connectivity index (χ0) is 28.2. The molecule has 0 unspecified atom stereocenters. The monoisotopic (exact) mass is 560 g/mol. The number of H-pyrrole nitrogens is 1. The number of rotatable bonds is 9. The summed E-state index contributed by atoms with van der Waals surface area (Å²) in [5.74, 6) is 0.599. The molecule has 0 atom stereocenters. The Morgan fingerprint density at radius 3 is 2.73 bits per heavy atom. The second-order valence-corrected chi connectivity index (χ2v) is 10.6. The molecule has 0 spiro atoms.